The molecule has 1 saturated carbocycles. The summed E-state index contributed by atoms with van der Waals surface area (Å²) in [5.74, 6) is -0.193. The molecule has 0 spiro atoms. The maximum atomic E-state index is 12.6. The zero-order valence-corrected chi connectivity index (χ0v) is 15.0. The van der Waals surface area contributed by atoms with Crippen LogP contribution in [-0.2, 0) is 9.53 Å². The van der Waals surface area contributed by atoms with Gasteiger partial charge in [0.15, 0.2) is 0 Å². The Morgan fingerprint density at radius 2 is 2.23 bits per heavy atom. The van der Waals surface area contributed by atoms with E-state index in [-0.39, 0.29) is 12.0 Å². The van der Waals surface area contributed by atoms with Gasteiger partial charge in [0.05, 0.1) is 11.1 Å². The van der Waals surface area contributed by atoms with Crippen LogP contribution in [0.1, 0.15) is 27.2 Å². The summed E-state index contributed by atoms with van der Waals surface area (Å²) in [7, 11) is 0. The lowest BCUT2D eigenvalue weighted by Crippen LogP contribution is -2.74. The number of nitrogens with two attached hydrogens (primary N) is 1. The Kier molecular flexibility index (Phi) is 5.12. The summed E-state index contributed by atoms with van der Waals surface area (Å²) in [6, 6.07) is 5.48. The fraction of sp³-hybridized carbons (Fsp3) is 0.562. The van der Waals surface area contributed by atoms with Gasteiger partial charge in [-0.15, -0.1) is 11.8 Å². The summed E-state index contributed by atoms with van der Waals surface area (Å²) in [5, 5.41) is 3.50. The van der Waals surface area contributed by atoms with Gasteiger partial charge in [-0.2, -0.15) is 0 Å². The van der Waals surface area contributed by atoms with Crippen LogP contribution in [-0.4, -0.2) is 30.4 Å². The zero-order valence-electron chi connectivity index (χ0n) is 13.4. The first-order valence-corrected chi connectivity index (χ1v) is 8.92. The van der Waals surface area contributed by atoms with E-state index in [1.807, 2.05) is 39.2 Å². The van der Waals surface area contributed by atoms with Crippen molar-refractivity contribution >= 4 is 35.0 Å². The summed E-state index contributed by atoms with van der Waals surface area (Å²) in [5.41, 5.74) is 5.68. The van der Waals surface area contributed by atoms with Crippen molar-refractivity contribution < 1.29 is 9.53 Å². The van der Waals surface area contributed by atoms with Crippen molar-refractivity contribution in [2.75, 3.05) is 18.2 Å². The van der Waals surface area contributed by atoms with Crippen molar-refractivity contribution in [1.29, 1.82) is 0 Å². The van der Waals surface area contributed by atoms with Crippen LogP contribution in [0.4, 0.5) is 5.69 Å². The second-order valence-electron chi connectivity index (χ2n) is 6.14. The highest BCUT2D eigenvalue weighted by Crippen LogP contribution is 2.50. The van der Waals surface area contributed by atoms with Gasteiger partial charge in [-0.1, -0.05) is 25.4 Å². The van der Waals surface area contributed by atoms with Crippen molar-refractivity contribution in [3.05, 3.63) is 23.2 Å². The van der Waals surface area contributed by atoms with E-state index in [1.165, 1.54) is 0 Å². The van der Waals surface area contributed by atoms with Crippen LogP contribution in [0, 0.1) is 5.41 Å². The molecule has 1 fully saturated rings. The molecule has 2 rings (SSSR count). The van der Waals surface area contributed by atoms with Gasteiger partial charge < -0.3 is 15.8 Å². The molecule has 0 heterocycles. The largest absolute Gasteiger partial charge is 0.378 e. The Labute approximate surface area is 141 Å². The number of benzene rings is 1. The fourth-order valence-corrected chi connectivity index (χ4v) is 3.68. The number of ether oxygens (including phenoxy) is 1. The van der Waals surface area contributed by atoms with E-state index < -0.39 is 11.0 Å². The molecule has 0 saturated heterocycles. The molecule has 22 heavy (non-hydrogen) atoms. The van der Waals surface area contributed by atoms with Crippen molar-refractivity contribution in [1.82, 2.24) is 0 Å². The van der Waals surface area contributed by atoms with Crippen LogP contribution in [0.2, 0.25) is 5.02 Å². The molecule has 1 amide bonds. The zero-order chi connectivity index (χ0) is 16.5. The van der Waals surface area contributed by atoms with Crippen LogP contribution >= 0.6 is 23.4 Å². The minimum atomic E-state index is -0.933. The van der Waals surface area contributed by atoms with Crippen LogP contribution in [0.25, 0.3) is 0 Å². The molecule has 1 aliphatic rings. The lowest BCUT2D eigenvalue weighted by Gasteiger charge is -2.57. The van der Waals surface area contributed by atoms with Crippen molar-refractivity contribution in [3.8, 4) is 0 Å². The molecular formula is C16H23ClN2O2S. The Bertz CT molecular complexity index is 579. The third-order valence-electron chi connectivity index (χ3n) is 4.64. The van der Waals surface area contributed by atoms with Gasteiger partial charge in [0.1, 0.15) is 5.54 Å². The first kappa shape index (κ1) is 17.6. The van der Waals surface area contributed by atoms with Gasteiger partial charge in [0.25, 0.3) is 0 Å². The number of carbonyl (C=O) groups excluding carboxylic acids is 1. The van der Waals surface area contributed by atoms with Gasteiger partial charge in [-0.05, 0) is 31.4 Å². The van der Waals surface area contributed by atoms with Crippen LogP contribution in [0.5, 0.6) is 0 Å². The summed E-state index contributed by atoms with van der Waals surface area (Å²) in [6.45, 7) is 6.51. The number of thioether (sulfide) groups is 1. The van der Waals surface area contributed by atoms with E-state index in [4.69, 9.17) is 22.1 Å². The Balaban J connectivity index is 2.11. The van der Waals surface area contributed by atoms with E-state index in [0.717, 1.165) is 4.90 Å². The molecule has 2 atom stereocenters. The van der Waals surface area contributed by atoms with Gasteiger partial charge in [0.2, 0.25) is 5.91 Å². The molecule has 122 valence electrons. The van der Waals surface area contributed by atoms with E-state index in [9.17, 15) is 4.79 Å². The van der Waals surface area contributed by atoms with Crippen LogP contribution in [0.3, 0.4) is 0 Å². The quantitative estimate of drug-likeness (QED) is 0.803. The molecule has 1 aromatic carbocycles. The highest BCUT2D eigenvalue weighted by Gasteiger charge is 2.62. The predicted octanol–water partition coefficient (Wildman–Crippen LogP) is 3.53. The Morgan fingerprint density at radius 1 is 1.55 bits per heavy atom. The SMILES string of the molecule is CCOC1CC(N)(C(=O)Nc2ccc(SC)c(Cl)c2)C1(C)C. The van der Waals surface area contributed by atoms with Crippen LogP contribution < -0.4 is 11.1 Å². The number of nitrogens with one attached hydrogen (secondary N) is 1. The minimum Gasteiger partial charge on any atom is -0.378 e. The first-order valence-electron chi connectivity index (χ1n) is 7.31. The van der Waals surface area contributed by atoms with Gasteiger partial charge in [-0.25, -0.2) is 0 Å². The summed E-state index contributed by atoms with van der Waals surface area (Å²) < 4.78 is 5.65. The van der Waals surface area contributed by atoms with Crippen molar-refractivity contribution in [3.63, 3.8) is 0 Å². The topological polar surface area (TPSA) is 64.3 Å². The van der Waals surface area contributed by atoms with E-state index in [0.29, 0.717) is 23.7 Å². The number of rotatable bonds is 5. The van der Waals surface area contributed by atoms with Gasteiger partial charge in [0, 0.05) is 29.0 Å². The number of carbonyl (C=O) groups is 1. The fourth-order valence-electron chi connectivity index (χ4n) is 2.81. The predicted molar refractivity (Wildman–Crippen MR) is 92.6 cm³/mol. The molecule has 3 N–H and O–H groups in total. The maximum Gasteiger partial charge on any atom is 0.245 e. The van der Waals surface area contributed by atoms with Crippen molar-refractivity contribution in [2.24, 2.45) is 11.1 Å². The molecule has 6 heteroatoms. The second-order valence-corrected chi connectivity index (χ2v) is 7.40. The number of hydrogen-bond acceptors (Lipinski definition) is 4. The van der Waals surface area contributed by atoms with E-state index >= 15 is 0 Å². The molecule has 0 radical (unpaired) electrons. The highest BCUT2D eigenvalue weighted by atomic mass is 35.5. The molecule has 0 bridgehead atoms. The minimum absolute atomic E-state index is 0.00991. The lowest BCUT2D eigenvalue weighted by atomic mass is 9.54. The van der Waals surface area contributed by atoms with Gasteiger partial charge >= 0.3 is 0 Å². The third-order valence-corrected chi connectivity index (χ3v) is 5.87. The smallest absolute Gasteiger partial charge is 0.245 e. The molecule has 2 unspecified atom stereocenters. The maximum absolute atomic E-state index is 12.6. The number of hydrogen-bond donors (Lipinski definition) is 2. The third kappa shape index (κ3) is 2.87. The van der Waals surface area contributed by atoms with E-state index in [2.05, 4.69) is 5.32 Å². The van der Waals surface area contributed by atoms with Crippen molar-refractivity contribution in [2.45, 2.75) is 43.7 Å². The normalized spacial score (nSPS) is 26.4. The molecule has 4 nitrogen and oxygen atoms in total. The Morgan fingerprint density at radius 3 is 2.73 bits per heavy atom. The number of halogens is 1. The Hall–Kier alpha value is -0.750. The molecule has 1 aliphatic carbocycles. The lowest BCUT2D eigenvalue weighted by molar-refractivity contribution is -0.166. The molecule has 1 aromatic rings. The summed E-state index contributed by atoms with van der Waals surface area (Å²) >= 11 is 7.74. The van der Waals surface area contributed by atoms with E-state index in [1.54, 1.807) is 17.8 Å². The van der Waals surface area contributed by atoms with Gasteiger partial charge in [-0.3, -0.25) is 4.79 Å². The monoisotopic (exact) mass is 342 g/mol. The number of anilines is 1. The first-order chi connectivity index (χ1) is 10.3. The van der Waals surface area contributed by atoms with Crippen LogP contribution in [0.15, 0.2) is 23.1 Å². The summed E-state index contributed by atoms with van der Waals surface area (Å²) in [6.07, 6.45) is 2.49. The standard InChI is InChI=1S/C16H23ClN2O2S/c1-5-21-13-9-16(18,15(13,2)3)14(20)19-10-6-7-12(22-4)11(17)8-10/h6-8,13H,5,9,18H2,1-4H3,(H,19,20). The average Bonchev–Trinajstić information content (AvgIpc) is 2.47. The number of amides is 1. The molecule has 0 aliphatic heterocycles. The molecule has 0 aromatic heterocycles. The summed E-state index contributed by atoms with van der Waals surface area (Å²) in [4.78, 5) is 13.6. The molecular weight excluding hydrogens is 320 g/mol. The second kappa shape index (κ2) is 6.40. The highest BCUT2D eigenvalue weighted by molar-refractivity contribution is 7.98. The average molecular weight is 343 g/mol.